The largest absolute Gasteiger partial charge is 0.389 e. The monoisotopic (exact) mass is 291 g/mol. The number of nitrogens with zero attached hydrogens (tertiary/aromatic N) is 2. The number of thiocarbonyl (C=S) groups is 1. The topological polar surface area (TPSA) is 49.6 Å². The smallest absolute Gasteiger partial charge is 0.253 e. The molecule has 1 saturated heterocycles. The van der Waals surface area contributed by atoms with Crippen molar-refractivity contribution in [3.8, 4) is 0 Å². The molecule has 1 heterocycles. The van der Waals surface area contributed by atoms with Gasteiger partial charge in [0.25, 0.3) is 5.91 Å². The number of nitrogens with two attached hydrogens (primary N) is 1. The maximum Gasteiger partial charge on any atom is 0.253 e. The van der Waals surface area contributed by atoms with Crippen LogP contribution in [-0.2, 0) is 0 Å². The zero-order valence-corrected chi connectivity index (χ0v) is 12.7. The van der Waals surface area contributed by atoms with Gasteiger partial charge in [-0.2, -0.15) is 0 Å². The van der Waals surface area contributed by atoms with Gasteiger partial charge >= 0.3 is 0 Å². The molecule has 1 aliphatic heterocycles. The third-order valence-corrected chi connectivity index (χ3v) is 3.85. The average molecular weight is 291 g/mol. The molecule has 1 aromatic rings. The Bertz CT molecular complexity index is 478. The summed E-state index contributed by atoms with van der Waals surface area (Å²) in [4.78, 5) is 17.1. The highest BCUT2D eigenvalue weighted by molar-refractivity contribution is 7.80. The van der Waals surface area contributed by atoms with Crippen molar-refractivity contribution in [3.05, 3.63) is 35.4 Å². The van der Waals surface area contributed by atoms with Crippen LogP contribution in [0, 0.1) is 0 Å². The van der Waals surface area contributed by atoms with Gasteiger partial charge in [-0.1, -0.05) is 31.3 Å². The Labute approximate surface area is 125 Å². The van der Waals surface area contributed by atoms with Gasteiger partial charge in [0.15, 0.2) is 0 Å². The number of carbonyl (C=O) groups excluding carboxylic acids is 1. The number of hydrogen-bond acceptors (Lipinski definition) is 3. The second kappa shape index (κ2) is 6.81. The lowest BCUT2D eigenvalue weighted by Crippen LogP contribution is -2.48. The van der Waals surface area contributed by atoms with Crippen molar-refractivity contribution in [3.63, 3.8) is 0 Å². The van der Waals surface area contributed by atoms with Crippen molar-refractivity contribution in [2.75, 3.05) is 32.7 Å². The highest BCUT2D eigenvalue weighted by Gasteiger charge is 2.21. The molecule has 0 aliphatic carbocycles. The van der Waals surface area contributed by atoms with E-state index in [1.165, 1.54) is 0 Å². The Morgan fingerprint density at radius 2 is 1.70 bits per heavy atom. The molecule has 0 saturated carbocycles. The molecule has 5 heteroatoms. The third-order valence-electron chi connectivity index (χ3n) is 3.62. The zero-order chi connectivity index (χ0) is 14.5. The molecule has 2 N–H and O–H groups in total. The van der Waals surface area contributed by atoms with E-state index < -0.39 is 0 Å². The van der Waals surface area contributed by atoms with Crippen LogP contribution in [0.15, 0.2) is 24.3 Å². The first-order valence-corrected chi connectivity index (χ1v) is 7.44. The number of benzene rings is 1. The molecule has 0 spiro atoms. The third kappa shape index (κ3) is 3.55. The lowest BCUT2D eigenvalue weighted by atomic mass is 10.1. The van der Waals surface area contributed by atoms with Crippen molar-refractivity contribution in [2.45, 2.75) is 13.3 Å². The molecule has 1 fully saturated rings. The summed E-state index contributed by atoms with van der Waals surface area (Å²) in [7, 11) is 0. The Morgan fingerprint density at radius 1 is 1.15 bits per heavy atom. The summed E-state index contributed by atoms with van der Waals surface area (Å²) < 4.78 is 0. The highest BCUT2D eigenvalue weighted by atomic mass is 32.1. The first-order valence-electron chi connectivity index (χ1n) is 7.03. The van der Waals surface area contributed by atoms with Gasteiger partial charge in [-0.25, -0.2) is 0 Å². The van der Waals surface area contributed by atoms with Crippen LogP contribution < -0.4 is 5.73 Å². The standard InChI is InChI=1S/C15H21N3OS/c1-2-7-17-8-10-18(11-9-17)15(19)13-5-3-12(4-6-13)14(16)20/h3-6H,2,7-11H2,1H3,(H2,16,20). The zero-order valence-electron chi connectivity index (χ0n) is 11.8. The van der Waals surface area contributed by atoms with E-state index in [1.807, 2.05) is 17.0 Å². The minimum Gasteiger partial charge on any atom is -0.389 e. The Morgan fingerprint density at radius 3 is 2.20 bits per heavy atom. The van der Waals surface area contributed by atoms with E-state index in [0.29, 0.717) is 10.6 Å². The first kappa shape index (κ1) is 14.9. The van der Waals surface area contributed by atoms with Gasteiger partial charge in [-0.3, -0.25) is 9.69 Å². The van der Waals surface area contributed by atoms with Crippen LogP contribution in [0.3, 0.4) is 0 Å². The molecule has 4 nitrogen and oxygen atoms in total. The summed E-state index contributed by atoms with van der Waals surface area (Å²) in [6, 6.07) is 7.22. The molecule has 0 atom stereocenters. The molecule has 108 valence electrons. The van der Waals surface area contributed by atoms with Crippen molar-refractivity contribution in [2.24, 2.45) is 5.73 Å². The van der Waals surface area contributed by atoms with Crippen molar-refractivity contribution < 1.29 is 4.79 Å². The summed E-state index contributed by atoms with van der Waals surface area (Å²) in [6.45, 7) is 6.83. The highest BCUT2D eigenvalue weighted by Crippen LogP contribution is 2.10. The van der Waals surface area contributed by atoms with Gasteiger partial charge in [0.1, 0.15) is 4.99 Å². The van der Waals surface area contributed by atoms with Crippen LogP contribution in [0.4, 0.5) is 0 Å². The Balaban J connectivity index is 1.96. The summed E-state index contributed by atoms with van der Waals surface area (Å²) in [5, 5.41) is 0. The van der Waals surface area contributed by atoms with E-state index in [9.17, 15) is 4.79 Å². The van der Waals surface area contributed by atoms with Gasteiger partial charge in [0.2, 0.25) is 0 Å². The van der Waals surface area contributed by atoms with Crippen LogP contribution >= 0.6 is 12.2 Å². The molecular formula is C15H21N3OS. The fraction of sp³-hybridized carbons (Fsp3) is 0.467. The van der Waals surface area contributed by atoms with Gasteiger partial charge in [-0.05, 0) is 25.1 Å². The molecule has 2 rings (SSSR count). The van der Waals surface area contributed by atoms with E-state index in [4.69, 9.17) is 18.0 Å². The van der Waals surface area contributed by atoms with Crippen LogP contribution in [0.5, 0.6) is 0 Å². The van der Waals surface area contributed by atoms with Crippen molar-refractivity contribution >= 4 is 23.1 Å². The van der Waals surface area contributed by atoms with Crippen LogP contribution in [0.1, 0.15) is 29.3 Å². The molecule has 0 unspecified atom stereocenters. The van der Waals surface area contributed by atoms with Gasteiger partial charge in [0.05, 0.1) is 0 Å². The SMILES string of the molecule is CCCN1CCN(C(=O)c2ccc(C(N)=S)cc2)CC1. The molecule has 1 aliphatic rings. The van der Waals surface area contributed by atoms with Crippen molar-refractivity contribution in [1.82, 2.24) is 9.80 Å². The Hall–Kier alpha value is -1.46. The van der Waals surface area contributed by atoms with E-state index in [2.05, 4.69) is 11.8 Å². The summed E-state index contributed by atoms with van der Waals surface area (Å²) in [5.74, 6) is 0.0932. The molecule has 1 amide bonds. The molecule has 20 heavy (non-hydrogen) atoms. The van der Waals surface area contributed by atoms with Crippen LogP contribution in [0.25, 0.3) is 0 Å². The predicted octanol–water partition coefficient (Wildman–Crippen LogP) is 1.49. The predicted molar refractivity (Wildman–Crippen MR) is 85.0 cm³/mol. The Kier molecular flexibility index (Phi) is 5.09. The summed E-state index contributed by atoms with van der Waals surface area (Å²) >= 11 is 4.91. The molecule has 0 aromatic heterocycles. The van der Waals surface area contributed by atoms with E-state index >= 15 is 0 Å². The van der Waals surface area contributed by atoms with E-state index in [1.54, 1.807) is 12.1 Å². The maximum atomic E-state index is 12.4. The van der Waals surface area contributed by atoms with E-state index in [-0.39, 0.29) is 5.91 Å². The fourth-order valence-corrected chi connectivity index (χ4v) is 2.59. The lowest BCUT2D eigenvalue weighted by molar-refractivity contribution is 0.0637. The second-order valence-corrected chi connectivity index (χ2v) is 5.52. The lowest BCUT2D eigenvalue weighted by Gasteiger charge is -2.34. The first-order chi connectivity index (χ1) is 9.61. The maximum absolute atomic E-state index is 12.4. The summed E-state index contributed by atoms with van der Waals surface area (Å²) in [5.41, 5.74) is 7.06. The number of carbonyl (C=O) groups is 1. The van der Waals surface area contributed by atoms with Gasteiger partial charge in [0, 0.05) is 37.3 Å². The quantitative estimate of drug-likeness (QED) is 0.854. The van der Waals surface area contributed by atoms with Crippen LogP contribution in [0.2, 0.25) is 0 Å². The number of rotatable bonds is 4. The molecular weight excluding hydrogens is 270 g/mol. The van der Waals surface area contributed by atoms with E-state index in [0.717, 1.165) is 44.7 Å². The van der Waals surface area contributed by atoms with Crippen molar-refractivity contribution in [1.29, 1.82) is 0 Å². The minimum atomic E-state index is 0.0932. The second-order valence-electron chi connectivity index (χ2n) is 5.08. The molecule has 0 radical (unpaired) electrons. The molecule has 0 bridgehead atoms. The number of hydrogen-bond donors (Lipinski definition) is 1. The fourth-order valence-electron chi connectivity index (χ4n) is 2.45. The normalized spacial score (nSPS) is 16.1. The summed E-state index contributed by atoms with van der Waals surface area (Å²) in [6.07, 6.45) is 1.16. The van der Waals surface area contributed by atoms with Gasteiger partial charge in [-0.15, -0.1) is 0 Å². The minimum absolute atomic E-state index is 0.0932. The molecule has 1 aromatic carbocycles. The number of piperazine rings is 1. The average Bonchev–Trinajstić information content (AvgIpc) is 2.48. The van der Waals surface area contributed by atoms with Crippen LogP contribution in [-0.4, -0.2) is 53.4 Å². The number of amides is 1. The van der Waals surface area contributed by atoms with Gasteiger partial charge < -0.3 is 10.6 Å².